The molecule has 2 nitrogen and oxygen atoms in total. The maximum atomic E-state index is 12.0. The lowest BCUT2D eigenvalue weighted by Gasteiger charge is -2.26. The van der Waals surface area contributed by atoms with E-state index in [4.69, 9.17) is 11.6 Å². The summed E-state index contributed by atoms with van der Waals surface area (Å²) in [5.74, 6) is 0.0362. The molecule has 1 amide bonds. The molecule has 1 aromatic rings. The number of likely N-dealkylation sites (tertiary alicyclic amines) is 1. The molecular formula is C13H15BrClNO. The van der Waals surface area contributed by atoms with Gasteiger partial charge >= 0.3 is 0 Å². The number of amides is 1. The van der Waals surface area contributed by atoms with Gasteiger partial charge in [-0.25, -0.2) is 0 Å². The van der Waals surface area contributed by atoms with Crippen LogP contribution in [0.5, 0.6) is 0 Å². The van der Waals surface area contributed by atoms with Crippen LogP contribution in [-0.2, 0) is 4.79 Å². The molecule has 1 aliphatic heterocycles. The molecule has 1 heterocycles. The number of nitrogens with zero attached hydrogens (tertiary/aromatic N) is 1. The quantitative estimate of drug-likeness (QED) is 0.761. The number of rotatable bonds is 2. The number of alkyl halides is 1. The van der Waals surface area contributed by atoms with Gasteiger partial charge < -0.3 is 4.90 Å². The van der Waals surface area contributed by atoms with Crippen molar-refractivity contribution in [1.29, 1.82) is 0 Å². The summed E-state index contributed by atoms with van der Waals surface area (Å²) in [4.78, 5) is 13.9. The lowest BCUT2D eigenvalue weighted by molar-refractivity contribution is -0.131. The lowest BCUT2D eigenvalue weighted by Crippen LogP contribution is -2.35. The van der Waals surface area contributed by atoms with Crippen LogP contribution in [0.2, 0.25) is 0 Å². The number of halogens is 2. The third kappa shape index (κ3) is 2.83. The second kappa shape index (κ2) is 5.40. The molecule has 0 N–H and O–H groups in total. The van der Waals surface area contributed by atoms with Gasteiger partial charge in [0.1, 0.15) is 5.38 Å². The van der Waals surface area contributed by atoms with Crippen LogP contribution in [0.15, 0.2) is 28.7 Å². The van der Waals surface area contributed by atoms with E-state index in [9.17, 15) is 4.79 Å². The predicted molar refractivity (Wildman–Crippen MR) is 73.1 cm³/mol. The van der Waals surface area contributed by atoms with Crippen LogP contribution in [-0.4, -0.2) is 22.7 Å². The Bertz CT molecular complexity index is 422. The van der Waals surface area contributed by atoms with Crippen LogP contribution in [0, 0.1) is 0 Å². The highest BCUT2D eigenvalue weighted by atomic mass is 79.9. The third-order valence-electron chi connectivity index (χ3n) is 3.11. The number of hydrogen-bond acceptors (Lipinski definition) is 1. The molecule has 0 radical (unpaired) electrons. The van der Waals surface area contributed by atoms with Gasteiger partial charge in [0.25, 0.3) is 0 Å². The summed E-state index contributed by atoms with van der Waals surface area (Å²) >= 11 is 9.36. The molecule has 1 saturated heterocycles. The molecule has 92 valence electrons. The molecule has 1 aliphatic rings. The maximum absolute atomic E-state index is 12.0. The van der Waals surface area contributed by atoms with Crippen molar-refractivity contribution in [3.05, 3.63) is 34.3 Å². The molecule has 0 spiro atoms. The van der Waals surface area contributed by atoms with E-state index in [2.05, 4.69) is 28.1 Å². The molecule has 1 aromatic carbocycles. The standard InChI is InChI=1S/C13H15BrClNO/c1-9(15)13(17)16-7-3-6-12(16)10-4-2-5-11(14)8-10/h2,4-5,8-9,12H,3,6-7H2,1H3. The highest BCUT2D eigenvalue weighted by molar-refractivity contribution is 9.10. The van der Waals surface area contributed by atoms with E-state index >= 15 is 0 Å². The van der Waals surface area contributed by atoms with Gasteiger partial charge in [-0.1, -0.05) is 28.1 Å². The van der Waals surface area contributed by atoms with E-state index in [-0.39, 0.29) is 11.9 Å². The molecule has 0 aromatic heterocycles. The van der Waals surface area contributed by atoms with Crippen molar-refractivity contribution < 1.29 is 4.79 Å². The Hall–Kier alpha value is -0.540. The Labute approximate surface area is 115 Å². The van der Waals surface area contributed by atoms with Gasteiger partial charge in [0.15, 0.2) is 0 Å². The first kappa shape index (κ1) is 12.9. The Morgan fingerprint density at radius 3 is 3.00 bits per heavy atom. The molecule has 4 heteroatoms. The van der Waals surface area contributed by atoms with Crippen LogP contribution in [0.3, 0.4) is 0 Å². The molecule has 2 rings (SSSR count). The molecule has 0 saturated carbocycles. The van der Waals surface area contributed by atoms with Crippen LogP contribution < -0.4 is 0 Å². The Morgan fingerprint density at radius 1 is 1.59 bits per heavy atom. The molecule has 17 heavy (non-hydrogen) atoms. The summed E-state index contributed by atoms with van der Waals surface area (Å²) in [7, 11) is 0. The number of hydrogen-bond donors (Lipinski definition) is 0. The van der Waals surface area contributed by atoms with Crippen molar-refractivity contribution in [3.8, 4) is 0 Å². The summed E-state index contributed by atoms with van der Waals surface area (Å²) in [5, 5.41) is -0.442. The molecule has 0 aliphatic carbocycles. The van der Waals surface area contributed by atoms with Crippen molar-refractivity contribution >= 4 is 33.4 Å². The summed E-state index contributed by atoms with van der Waals surface area (Å²) in [6.07, 6.45) is 2.07. The zero-order valence-corrected chi connectivity index (χ0v) is 12.0. The Kier molecular flexibility index (Phi) is 4.10. The first-order valence-corrected chi connectivity index (χ1v) is 7.02. The average molecular weight is 317 g/mol. The summed E-state index contributed by atoms with van der Waals surface area (Å²) < 4.78 is 1.05. The van der Waals surface area contributed by atoms with Gasteiger partial charge in [-0.2, -0.15) is 0 Å². The van der Waals surface area contributed by atoms with Gasteiger partial charge in [-0.3, -0.25) is 4.79 Å². The molecule has 0 bridgehead atoms. The van der Waals surface area contributed by atoms with Crippen LogP contribution in [0.4, 0.5) is 0 Å². The van der Waals surface area contributed by atoms with Gasteiger partial charge in [-0.05, 0) is 37.5 Å². The highest BCUT2D eigenvalue weighted by Crippen LogP contribution is 2.33. The summed E-state index contributed by atoms with van der Waals surface area (Å²) in [6.45, 7) is 2.55. The first-order valence-electron chi connectivity index (χ1n) is 5.79. The number of carbonyl (C=O) groups excluding carboxylic acids is 1. The predicted octanol–water partition coefficient (Wildman–Crippen LogP) is 3.74. The van der Waals surface area contributed by atoms with Gasteiger partial charge in [0.05, 0.1) is 6.04 Å². The van der Waals surface area contributed by atoms with E-state index in [1.54, 1.807) is 6.92 Å². The number of benzene rings is 1. The topological polar surface area (TPSA) is 20.3 Å². The van der Waals surface area contributed by atoms with E-state index in [0.29, 0.717) is 0 Å². The minimum atomic E-state index is -0.442. The van der Waals surface area contributed by atoms with Crippen molar-refractivity contribution in [2.45, 2.75) is 31.2 Å². The normalized spacial score (nSPS) is 21.6. The van der Waals surface area contributed by atoms with Gasteiger partial charge in [0.2, 0.25) is 5.91 Å². The third-order valence-corrected chi connectivity index (χ3v) is 3.79. The van der Waals surface area contributed by atoms with E-state index < -0.39 is 5.38 Å². The van der Waals surface area contributed by atoms with E-state index in [1.807, 2.05) is 17.0 Å². The van der Waals surface area contributed by atoms with Crippen molar-refractivity contribution in [3.63, 3.8) is 0 Å². The summed E-state index contributed by atoms with van der Waals surface area (Å²) in [5.41, 5.74) is 1.18. The lowest BCUT2D eigenvalue weighted by atomic mass is 10.0. The SMILES string of the molecule is CC(Cl)C(=O)N1CCCC1c1cccc(Br)c1. The van der Waals surface area contributed by atoms with Crippen LogP contribution in [0.25, 0.3) is 0 Å². The minimum Gasteiger partial charge on any atom is -0.334 e. The fraction of sp³-hybridized carbons (Fsp3) is 0.462. The second-order valence-electron chi connectivity index (χ2n) is 4.36. The van der Waals surface area contributed by atoms with Gasteiger partial charge in [0, 0.05) is 11.0 Å². The fourth-order valence-corrected chi connectivity index (χ4v) is 2.86. The number of carbonyl (C=O) groups is 1. The van der Waals surface area contributed by atoms with Crippen LogP contribution >= 0.6 is 27.5 Å². The summed E-state index contributed by atoms with van der Waals surface area (Å²) in [6, 6.07) is 8.33. The first-order chi connectivity index (χ1) is 8.09. The molecule has 2 unspecified atom stereocenters. The zero-order chi connectivity index (χ0) is 12.4. The monoisotopic (exact) mass is 315 g/mol. The fourth-order valence-electron chi connectivity index (χ4n) is 2.32. The van der Waals surface area contributed by atoms with E-state index in [1.165, 1.54) is 5.56 Å². The largest absolute Gasteiger partial charge is 0.334 e. The van der Waals surface area contributed by atoms with Crippen molar-refractivity contribution in [1.82, 2.24) is 4.90 Å². The molecule has 2 atom stereocenters. The van der Waals surface area contributed by atoms with Crippen molar-refractivity contribution in [2.24, 2.45) is 0 Å². The Morgan fingerprint density at radius 2 is 2.35 bits per heavy atom. The average Bonchev–Trinajstić information content (AvgIpc) is 2.76. The highest BCUT2D eigenvalue weighted by Gasteiger charge is 2.31. The minimum absolute atomic E-state index is 0.0362. The second-order valence-corrected chi connectivity index (χ2v) is 5.93. The van der Waals surface area contributed by atoms with Crippen molar-refractivity contribution in [2.75, 3.05) is 6.54 Å². The smallest absolute Gasteiger partial charge is 0.240 e. The van der Waals surface area contributed by atoms with E-state index in [0.717, 1.165) is 23.9 Å². The maximum Gasteiger partial charge on any atom is 0.240 e. The van der Waals surface area contributed by atoms with Gasteiger partial charge in [-0.15, -0.1) is 11.6 Å². The molecular weight excluding hydrogens is 302 g/mol. The Balaban J connectivity index is 2.23. The molecule has 1 fully saturated rings. The van der Waals surface area contributed by atoms with Crippen LogP contribution in [0.1, 0.15) is 31.4 Å². The zero-order valence-electron chi connectivity index (χ0n) is 9.70.